The number of amides is 2. The summed E-state index contributed by atoms with van der Waals surface area (Å²) < 4.78 is 46.2. The zero-order valence-electron chi connectivity index (χ0n) is 19.7. The van der Waals surface area contributed by atoms with Crippen molar-refractivity contribution in [1.82, 2.24) is 19.8 Å². The molecule has 2 fully saturated rings. The molecule has 0 aliphatic carbocycles. The third-order valence-electron chi connectivity index (χ3n) is 6.31. The van der Waals surface area contributed by atoms with Crippen LogP contribution in [0.3, 0.4) is 0 Å². The van der Waals surface area contributed by atoms with Gasteiger partial charge in [-0.3, -0.25) is 9.59 Å². The highest BCUT2D eigenvalue weighted by Gasteiger charge is 2.35. The normalized spacial score (nSPS) is 19.2. The van der Waals surface area contributed by atoms with Crippen LogP contribution in [0.5, 0.6) is 0 Å². The number of furan rings is 1. The predicted molar refractivity (Wildman–Crippen MR) is 124 cm³/mol. The number of hydrogen-bond donors (Lipinski definition) is 0. The van der Waals surface area contributed by atoms with Crippen molar-refractivity contribution in [3.63, 3.8) is 0 Å². The van der Waals surface area contributed by atoms with Crippen molar-refractivity contribution in [3.05, 3.63) is 35.4 Å². The van der Waals surface area contributed by atoms with E-state index >= 15 is 0 Å². The van der Waals surface area contributed by atoms with Crippen LogP contribution in [-0.2, 0) is 16.7 Å². The van der Waals surface area contributed by atoms with Gasteiger partial charge in [-0.2, -0.15) is 13.2 Å². The lowest BCUT2D eigenvalue weighted by Gasteiger charge is -2.34. The Morgan fingerprint density at radius 1 is 1.09 bits per heavy atom. The Morgan fingerprint density at radius 3 is 2.46 bits per heavy atom. The number of piperidine rings is 1. The zero-order valence-corrected chi connectivity index (χ0v) is 20.5. The summed E-state index contributed by atoms with van der Waals surface area (Å²) in [4.78, 5) is 37.5. The fourth-order valence-corrected chi connectivity index (χ4v) is 5.04. The Morgan fingerprint density at radius 2 is 1.80 bits per heavy atom. The van der Waals surface area contributed by atoms with E-state index in [1.165, 1.54) is 6.92 Å². The van der Waals surface area contributed by atoms with Crippen LogP contribution in [-0.4, -0.2) is 70.3 Å². The fourth-order valence-electron chi connectivity index (χ4n) is 4.29. The average Bonchev–Trinajstić information content (AvgIpc) is 3.31. The van der Waals surface area contributed by atoms with Gasteiger partial charge < -0.3 is 19.1 Å². The Kier molecular flexibility index (Phi) is 7.58. The maximum atomic E-state index is 13.5. The molecule has 0 radical (unpaired) electrons. The molecule has 4 rings (SSSR count). The smallest absolute Gasteiger partial charge is 0.433 e. The largest absolute Gasteiger partial charge is 0.455 e. The van der Waals surface area contributed by atoms with Gasteiger partial charge >= 0.3 is 6.18 Å². The van der Waals surface area contributed by atoms with Crippen LogP contribution in [0, 0.1) is 0 Å². The van der Waals surface area contributed by atoms with Crippen molar-refractivity contribution in [1.29, 1.82) is 0 Å². The molecule has 2 saturated heterocycles. The van der Waals surface area contributed by atoms with E-state index in [2.05, 4.69) is 9.97 Å². The summed E-state index contributed by atoms with van der Waals surface area (Å²) in [6.07, 6.45) is -1.73. The van der Waals surface area contributed by atoms with E-state index in [4.69, 9.17) is 4.42 Å². The molecule has 0 N–H and O–H groups in total. The number of nitrogens with zero attached hydrogens (tertiary/aromatic N) is 5. The summed E-state index contributed by atoms with van der Waals surface area (Å²) in [5.74, 6) is 0.758. The van der Waals surface area contributed by atoms with Crippen molar-refractivity contribution < 1.29 is 27.2 Å². The van der Waals surface area contributed by atoms with Crippen LogP contribution in [0.4, 0.5) is 19.0 Å². The monoisotopic (exact) mass is 511 g/mol. The van der Waals surface area contributed by atoms with Crippen LogP contribution >= 0.6 is 11.8 Å². The van der Waals surface area contributed by atoms with Gasteiger partial charge in [-0.25, -0.2) is 9.97 Å². The highest BCUT2D eigenvalue weighted by molar-refractivity contribution is 7.98. The van der Waals surface area contributed by atoms with Crippen LogP contribution in [0.15, 0.2) is 27.8 Å². The molecule has 0 aromatic carbocycles. The Bertz CT molecular complexity index is 1070. The van der Waals surface area contributed by atoms with Gasteiger partial charge in [0, 0.05) is 51.8 Å². The van der Waals surface area contributed by atoms with Crippen molar-refractivity contribution >= 4 is 29.4 Å². The number of thioether (sulfide) groups is 1. The summed E-state index contributed by atoms with van der Waals surface area (Å²) in [5, 5.41) is 0.0113. The van der Waals surface area contributed by atoms with Gasteiger partial charge in [0.05, 0.1) is 5.75 Å². The topological polar surface area (TPSA) is 82.8 Å². The molecule has 35 heavy (non-hydrogen) atoms. The second-order valence-corrected chi connectivity index (χ2v) is 9.73. The highest BCUT2D eigenvalue weighted by atomic mass is 32.2. The quantitative estimate of drug-likeness (QED) is 0.442. The van der Waals surface area contributed by atoms with Crippen LogP contribution in [0.25, 0.3) is 0 Å². The van der Waals surface area contributed by atoms with Crippen LogP contribution in [0.2, 0.25) is 0 Å². The molecule has 12 heteroatoms. The fraction of sp³-hybridized carbons (Fsp3) is 0.565. The van der Waals surface area contributed by atoms with Gasteiger partial charge in [0.25, 0.3) is 5.91 Å². The number of alkyl halides is 3. The van der Waals surface area contributed by atoms with Crippen LogP contribution < -0.4 is 4.90 Å². The predicted octanol–water partition coefficient (Wildman–Crippen LogP) is 4.06. The first-order valence-corrected chi connectivity index (χ1v) is 12.6. The number of piperazine rings is 1. The first-order valence-electron chi connectivity index (χ1n) is 11.6. The molecular formula is C23H28F3N5O3S. The lowest BCUT2D eigenvalue weighted by Crippen LogP contribution is -2.50. The Hall–Kier alpha value is -2.76. The summed E-state index contributed by atoms with van der Waals surface area (Å²) >= 11 is 1.04. The van der Waals surface area contributed by atoms with Gasteiger partial charge in [0.2, 0.25) is 5.91 Å². The second kappa shape index (κ2) is 10.5. The number of aromatic nitrogens is 2. The minimum absolute atomic E-state index is 0.0113. The molecule has 0 unspecified atom stereocenters. The molecule has 0 bridgehead atoms. The standard InChI is InChI=1S/C23H28F3N5O3S/c1-15-5-3-4-8-31(15)20-13-19(23(24,25)26)27-22(28-20)35-14-17-6-7-18(34-17)21(33)30-11-9-29(10-12-30)16(2)32/h6-7,13,15H,3-5,8-12,14H2,1-2H3/t15-/m1/s1. The van der Waals surface area contributed by atoms with E-state index < -0.39 is 11.9 Å². The number of carbonyl (C=O) groups is 2. The zero-order chi connectivity index (χ0) is 25.2. The average molecular weight is 512 g/mol. The SMILES string of the molecule is CC(=O)N1CCN(C(=O)c2ccc(CSc3nc(N4CCCC[C@H]4C)cc(C(F)(F)F)n3)o2)CC1. The molecule has 1 atom stereocenters. The highest BCUT2D eigenvalue weighted by Crippen LogP contribution is 2.34. The first-order chi connectivity index (χ1) is 16.6. The molecule has 0 spiro atoms. The Labute approximate surface area is 205 Å². The lowest BCUT2D eigenvalue weighted by molar-refractivity contribution is -0.141. The molecular weight excluding hydrogens is 483 g/mol. The van der Waals surface area contributed by atoms with Gasteiger partial charge in [-0.15, -0.1) is 0 Å². The molecule has 8 nitrogen and oxygen atoms in total. The van der Waals surface area contributed by atoms with E-state index in [1.807, 2.05) is 11.8 Å². The number of hydrogen-bond acceptors (Lipinski definition) is 7. The molecule has 2 aromatic heterocycles. The summed E-state index contributed by atoms with van der Waals surface area (Å²) in [5.41, 5.74) is -0.970. The molecule has 4 heterocycles. The van der Waals surface area contributed by atoms with Gasteiger partial charge in [0.15, 0.2) is 16.6 Å². The molecule has 190 valence electrons. The lowest BCUT2D eigenvalue weighted by atomic mass is 10.0. The van der Waals surface area contributed by atoms with E-state index in [0.717, 1.165) is 37.1 Å². The van der Waals surface area contributed by atoms with E-state index in [0.29, 0.717) is 38.5 Å². The van der Waals surface area contributed by atoms with Crippen molar-refractivity contribution in [3.8, 4) is 0 Å². The maximum Gasteiger partial charge on any atom is 0.433 e. The van der Waals surface area contributed by atoms with E-state index in [1.54, 1.807) is 21.9 Å². The first kappa shape index (κ1) is 25.3. The molecule has 2 aromatic rings. The molecule has 2 aliphatic rings. The number of halogens is 3. The van der Waals surface area contributed by atoms with Crippen LogP contribution in [0.1, 0.15) is 55.1 Å². The van der Waals surface area contributed by atoms with E-state index in [-0.39, 0.29) is 40.3 Å². The minimum Gasteiger partial charge on any atom is -0.455 e. The molecule has 2 amide bonds. The number of carbonyl (C=O) groups excluding carboxylic acids is 2. The van der Waals surface area contributed by atoms with Gasteiger partial charge in [0.1, 0.15) is 11.6 Å². The third kappa shape index (κ3) is 6.09. The Balaban J connectivity index is 1.43. The van der Waals surface area contributed by atoms with Gasteiger partial charge in [-0.1, -0.05) is 11.8 Å². The van der Waals surface area contributed by atoms with Crippen molar-refractivity contribution in [2.45, 2.75) is 56.2 Å². The molecule has 2 aliphatic heterocycles. The minimum atomic E-state index is -4.58. The third-order valence-corrected chi connectivity index (χ3v) is 7.18. The van der Waals surface area contributed by atoms with Crippen molar-refractivity contribution in [2.24, 2.45) is 0 Å². The second-order valence-electron chi connectivity index (χ2n) is 8.78. The summed E-state index contributed by atoms with van der Waals surface area (Å²) in [6, 6.07) is 4.31. The van der Waals surface area contributed by atoms with Crippen molar-refractivity contribution in [2.75, 3.05) is 37.6 Å². The summed E-state index contributed by atoms with van der Waals surface area (Å²) in [6.45, 7) is 5.91. The number of anilines is 1. The molecule has 0 saturated carbocycles. The maximum absolute atomic E-state index is 13.5. The van der Waals surface area contributed by atoms with Gasteiger partial charge in [-0.05, 0) is 38.3 Å². The van der Waals surface area contributed by atoms with E-state index in [9.17, 15) is 22.8 Å². The number of rotatable bonds is 5. The summed E-state index contributed by atoms with van der Waals surface area (Å²) in [7, 11) is 0.